The van der Waals surface area contributed by atoms with Crippen LogP contribution in [0.25, 0.3) is 0 Å². The molecule has 0 heterocycles. The fraction of sp³-hybridized carbons (Fsp3) is 0.273. The van der Waals surface area contributed by atoms with Crippen LogP contribution < -0.4 is 11.3 Å². The van der Waals surface area contributed by atoms with Crippen molar-refractivity contribution in [2.75, 3.05) is 0 Å². The van der Waals surface area contributed by atoms with Gasteiger partial charge in [0.05, 0.1) is 11.1 Å². The zero-order chi connectivity index (χ0) is 11.4. The Hall–Kier alpha value is -0.350. The van der Waals surface area contributed by atoms with Crippen molar-refractivity contribution in [1.29, 1.82) is 0 Å². The molecule has 82 valence electrons. The van der Waals surface area contributed by atoms with E-state index in [4.69, 9.17) is 17.4 Å². The van der Waals surface area contributed by atoms with E-state index in [1.54, 1.807) is 0 Å². The van der Waals surface area contributed by atoms with Crippen LogP contribution >= 0.6 is 27.5 Å². The van der Waals surface area contributed by atoms with Crippen molar-refractivity contribution in [1.82, 2.24) is 5.43 Å². The molecule has 0 bridgehead atoms. The molecule has 1 rings (SSSR count). The summed E-state index contributed by atoms with van der Waals surface area (Å²) in [6.07, 6.45) is 0.771. The first kappa shape index (κ1) is 12.7. The molecule has 4 heteroatoms. The molecule has 0 aliphatic heterocycles. The first-order chi connectivity index (χ1) is 7.06. The molecule has 0 aliphatic carbocycles. The molecule has 0 saturated carbocycles. The van der Waals surface area contributed by atoms with Gasteiger partial charge in [-0.25, -0.2) is 0 Å². The maximum atomic E-state index is 6.18. The van der Waals surface area contributed by atoms with Crippen LogP contribution in [0.2, 0.25) is 5.02 Å². The highest BCUT2D eigenvalue weighted by molar-refractivity contribution is 9.10. The molecule has 2 nitrogen and oxygen atoms in total. The summed E-state index contributed by atoms with van der Waals surface area (Å²) in [5, 5.41) is 0.696. The van der Waals surface area contributed by atoms with Gasteiger partial charge in [0.15, 0.2) is 0 Å². The van der Waals surface area contributed by atoms with Crippen molar-refractivity contribution >= 4 is 27.5 Å². The van der Waals surface area contributed by atoms with Crippen LogP contribution in [0.5, 0.6) is 0 Å². The summed E-state index contributed by atoms with van der Waals surface area (Å²) in [4.78, 5) is 0. The minimum absolute atomic E-state index is 0.00694. The normalized spacial score (nSPS) is 12.5. The molecule has 0 radical (unpaired) electrons. The number of hydrazine groups is 1. The maximum absolute atomic E-state index is 6.18. The number of benzene rings is 1. The Bertz CT molecular complexity index is 366. The number of nitrogens with one attached hydrogen (secondary N) is 1. The molecule has 1 unspecified atom stereocenters. The molecule has 0 spiro atoms. The van der Waals surface area contributed by atoms with E-state index in [2.05, 4.69) is 27.9 Å². The summed E-state index contributed by atoms with van der Waals surface area (Å²) >= 11 is 9.56. The van der Waals surface area contributed by atoms with Gasteiger partial charge in [-0.15, -0.1) is 6.58 Å². The fourth-order valence-electron chi connectivity index (χ4n) is 1.40. The van der Waals surface area contributed by atoms with Crippen LogP contribution in [-0.4, -0.2) is 0 Å². The van der Waals surface area contributed by atoms with Crippen molar-refractivity contribution in [2.45, 2.75) is 19.4 Å². The lowest BCUT2D eigenvalue weighted by atomic mass is 10.0. The molecule has 1 aromatic rings. The Kier molecular flexibility index (Phi) is 4.80. The van der Waals surface area contributed by atoms with Gasteiger partial charge >= 0.3 is 0 Å². The smallest absolute Gasteiger partial charge is 0.0596 e. The quantitative estimate of drug-likeness (QED) is 0.505. The number of hydrogen-bond donors (Lipinski definition) is 2. The Morgan fingerprint density at radius 1 is 1.67 bits per heavy atom. The third-order valence-corrected chi connectivity index (χ3v) is 3.42. The monoisotopic (exact) mass is 288 g/mol. The van der Waals surface area contributed by atoms with Gasteiger partial charge < -0.3 is 0 Å². The molecule has 3 N–H and O–H groups in total. The molecule has 0 saturated heterocycles. The largest absolute Gasteiger partial charge is 0.271 e. The first-order valence-electron chi connectivity index (χ1n) is 4.60. The molecule has 1 atom stereocenters. The van der Waals surface area contributed by atoms with Crippen molar-refractivity contribution < 1.29 is 0 Å². The summed E-state index contributed by atoms with van der Waals surface area (Å²) < 4.78 is 0.878. The maximum Gasteiger partial charge on any atom is 0.0596 e. The molecule has 0 aromatic heterocycles. The lowest BCUT2D eigenvalue weighted by Gasteiger charge is -2.18. The Labute approximate surface area is 104 Å². The molecule has 15 heavy (non-hydrogen) atoms. The zero-order valence-corrected chi connectivity index (χ0v) is 10.9. The SMILES string of the molecule is C=C(C)CC(NN)c1cccc(Br)c1Cl. The van der Waals surface area contributed by atoms with Gasteiger partial charge in [0, 0.05) is 4.47 Å². The van der Waals surface area contributed by atoms with Gasteiger partial charge in [-0.1, -0.05) is 29.3 Å². The number of halogens is 2. The van der Waals surface area contributed by atoms with Gasteiger partial charge in [-0.3, -0.25) is 11.3 Å². The standard InChI is InChI=1S/C11H14BrClN2/c1-7(2)6-10(15-14)8-4-3-5-9(12)11(8)13/h3-5,10,15H,1,6,14H2,2H3. The van der Waals surface area contributed by atoms with E-state index in [1.165, 1.54) is 0 Å². The second-order valence-corrected chi connectivity index (χ2v) is 4.76. The van der Waals surface area contributed by atoms with Crippen molar-refractivity contribution in [3.8, 4) is 0 Å². The molecule has 0 fully saturated rings. The number of nitrogens with two attached hydrogens (primary N) is 1. The Balaban J connectivity index is 3.01. The Morgan fingerprint density at radius 3 is 2.87 bits per heavy atom. The van der Waals surface area contributed by atoms with Crippen LogP contribution in [0.4, 0.5) is 0 Å². The average Bonchev–Trinajstić information content (AvgIpc) is 2.19. The zero-order valence-electron chi connectivity index (χ0n) is 8.56. The predicted octanol–water partition coefficient (Wildman–Crippen LogP) is 3.57. The summed E-state index contributed by atoms with van der Waals surface area (Å²) in [5.41, 5.74) is 4.80. The van der Waals surface area contributed by atoms with Crippen LogP contribution in [0, 0.1) is 0 Å². The van der Waals surface area contributed by atoms with Gasteiger partial charge in [-0.05, 0) is 40.9 Å². The molecular formula is C11H14BrClN2. The van der Waals surface area contributed by atoms with E-state index in [9.17, 15) is 0 Å². The van der Waals surface area contributed by atoms with Gasteiger partial charge in [0.2, 0.25) is 0 Å². The molecular weight excluding hydrogens is 275 g/mol. The second kappa shape index (κ2) is 5.66. The third-order valence-electron chi connectivity index (χ3n) is 2.11. The van der Waals surface area contributed by atoms with E-state index in [-0.39, 0.29) is 6.04 Å². The van der Waals surface area contributed by atoms with Crippen molar-refractivity contribution in [2.24, 2.45) is 5.84 Å². The lowest BCUT2D eigenvalue weighted by molar-refractivity contribution is 0.550. The molecule has 0 aliphatic rings. The number of hydrogen-bond acceptors (Lipinski definition) is 2. The lowest BCUT2D eigenvalue weighted by Crippen LogP contribution is -2.28. The minimum atomic E-state index is 0.00694. The minimum Gasteiger partial charge on any atom is -0.271 e. The second-order valence-electron chi connectivity index (χ2n) is 3.52. The van der Waals surface area contributed by atoms with Crippen LogP contribution in [0.3, 0.4) is 0 Å². The van der Waals surface area contributed by atoms with Gasteiger partial charge in [0.25, 0.3) is 0 Å². The molecule has 1 aromatic carbocycles. The highest BCUT2D eigenvalue weighted by atomic mass is 79.9. The van der Waals surface area contributed by atoms with Gasteiger partial charge in [-0.2, -0.15) is 0 Å². The van der Waals surface area contributed by atoms with E-state index in [0.717, 1.165) is 22.0 Å². The number of rotatable bonds is 4. The highest BCUT2D eigenvalue weighted by Gasteiger charge is 2.14. The van der Waals surface area contributed by atoms with Crippen LogP contribution in [0.15, 0.2) is 34.8 Å². The third kappa shape index (κ3) is 3.31. The first-order valence-corrected chi connectivity index (χ1v) is 5.77. The summed E-state index contributed by atoms with van der Waals surface area (Å²) in [6, 6.07) is 5.81. The van der Waals surface area contributed by atoms with Crippen molar-refractivity contribution in [3.05, 3.63) is 45.4 Å². The highest BCUT2D eigenvalue weighted by Crippen LogP contribution is 2.32. The van der Waals surface area contributed by atoms with Gasteiger partial charge in [0.1, 0.15) is 0 Å². The van der Waals surface area contributed by atoms with E-state index >= 15 is 0 Å². The topological polar surface area (TPSA) is 38.0 Å². The predicted molar refractivity (Wildman–Crippen MR) is 68.6 cm³/mol. The summed E-state index contributed by atoms with van der Waals surface area (Å²) in [5.74, 6) is 5.51. The Morgan fingerprint density at radius 2 is 2.33 bits per heavy atom. The van der Waals surface area contributed by atoms with E-state index in [1.807, 2.05) is 25.1 Å². The van der Waals surface area contributed by atoms with Crippen LogP contribution in [-0.2, 0) is 0 Å². The fourth-order valence-corrected chi connectivity index (χ4v) is 2.04. The summed E-state index contributed by atoms with van der Waals surface area (Å²) in [6.45, 7) is 5.84. The summed E-state index contributed by atoms with van der Waals surface area (Å²) in [7, 11) is 0. The van der Waals surface area contributed by atoms with E-state index < -0.39 is 0 Å². The average molecular weight is 290 g/mol. The molecule has 0 amide bonds. The van der Waals surface area contributed by atoms with Crippen molar-refractivity contribution in [3.63, 3.8) is 0 Å². The van der Waals surface area contributed by atoms with E-state index in [0.29, 0.717) is 5.02 Å². The van der Waals surface area contributed by atoms with Crippen LogP contribution in [0.1, 0.15) is 24.9 Å².